The van der Waals surface area contributed by atoms with Crippen LogP contribution in [0.5, 0.6) is 5.75 Å². The Morgan fingerprint density at radius 1 is 0.966 bits per heavy atom. The molecule has 0 aliphatic heterocycles. The van der Waals surface area contributed by atoms with Crippen LogP contribution in [0.3, 0.4) is 0 Å². The van der Waals surface area contributed by atoms with Crippen molar-refractivity contribution in [2.24, 2.45) is 0 Å². The normalized spacial score (nSPS) is 10.2. The highest BCUT2D eigenvalue weighted by molar-refractivity contribution is 6.04. The number of aryl methyl sites for hydroxylation is 1. The summed E-state index contributed by atoms with van der Waals surface area (Å²) in [5.41, 5.74) is 3.24. The lowest BCUT2D eigenvalue weighted by molar-refractivity contribution is -0.121. The van der Waals surface area contributed by atoms with Crippen LogP contribution >= 0.6 is 0 Å². The zero-order valence-electron chi connectivity index (χ0n) is 16.2. The van der Waals surface area contributed by atoms with Crippen LogP contribution in [0.2, 0.25) is 0 Å². The van der Waals surface area contributed by atoms with Gasteiger partial charge in [-0.1, -0.05) is 24.3 Å². The van der Waals surface area contributed by atoms with Gasteiger partial charge in [0.15, 0.2) is 0 Å². The third kappa shape index (κ3) is 6.17. The van der Waals surface area contributed by atoms with Crippen molar-refractivity contribution in [2.75, 3.05) is 12.4 Å². The molecule has 2 aromatic carbocycles. The number of ether oxygens (including phenoxy) is 1. The predicted octanol–water partition coefficient (Wildman–Crippen LogP) is 3.59. The van der Waals surface area contributed by atoms with E-state index in [0.717, 1.165) is 16.9 Å². The van der Waals surface area contributed by atoms with Crippen molar-refractivity contribution in [3.8, 4) is 5.75 Å². The van der Waals surface area contributed by atoms with Crippen molar-refractivity contribution >= 4 is 17.5 Å². The van der Waals surface area contributed by atoms with Gasteiger partial charge in [0, 0.05) is 31.0 Å². The molecule has 6 nitrogen and oxygen atoms in total. The molecule has 6 heteroatoms. The molecule has 3 rings (SSSR count). The molecule has 29 heavy (non-hydrogen) atoms. The maximum atomic E-state index is 12.1. The van der Waals surface area contributed by atoms with E-state index in [1.54, 1.807) is 25.4 Å². The van der Waals surface area contributed by atoms with Crippen molar-refractivity contribution in [3.05, 3.63) is 89.7 Å². The molecule has 0 saturated carbocycles. The van der Waals surface area contributed by atoms with Crippen LogP contribution in [-0.4, -0.2) is 23.9 Å². The van der Waals surface area contributed by atoms with Crippen LogP contribution in [-0.2, 0) is 17.8 Å². The minimum Gasteiger partial charge on any atom is -0.497 e. The Balaban J connectivity index is 1.43. The van der Waals surface area contributed by atoms with E-state index in [2.05, 4.69) is 15.6 Å². The molecule has 3 aromatic rings. The number of hydrogen-bond acceptors (Lipinski definition) is 4. The number of hydrogen-bond donors (Lipinski definition) is 2. The molecular weight excluding hydrogens is 366 g/mol. The predicted molar refractivity (Wildman–Crippen MR) is 112 cm³/mol. The minimum absolute atomic E-state index is 0.00484. The molecule has 0 fully saturated rings. The molecule has 0 saturated heterocycles. The van der Waals surface area contributed by atoms with Crippen LogP contribution in [0.1, 0.15) is 27.9 Å². The molecule has 148 valence electrons. The van der Waals surface area contributed by atoms with Gasteiger partial charge < -0.3 is 15.4 Å². The second-order valence-corrected chi connectivity index (χ2v) is 6.52. The van der Waals surface area contributed by atoms with Gasteiger partial charge >= 0.3 is 0 Å². The van der Waals surface area contributed by atoms with E-state index in [1.807, 2.05) is 48.5 Å². The van der Waals surface area contributed by atoms with E-state index >= 15 is 0 Å². The Morgan fingerprint density at radius 3 is 2.34 bits per heavy atom. The number of nitrogens with one attached hydrogen (secondary N) is 2. The highest BCUT2D eigenvalue weighted by Gasteiger charge is 2.06. The molecule has 0 aliphatic carbocycles. The molecule has 2 amide bonds. The Morgan fingerprint density at radius 2 is 1.69 bits per heavy atom. The maximum absolute atomic E-state index is 12.1. The summed E-state index contributed by atoms with van der Waals surface area (Å²) in [5, 5.41) is 5.74. The summed E-state index contributed by atoms with van der Waals surface area (Å²) in [6, 6.07) is 18.5. The van der Waals surface area contributed by atoms with Gasteiger partial charge in [-0.15, -0.1) is 0 Å². The van der Waals surface area contributed by atoms with E-state index < -0.39 is 0 Å². The first-order valence-corrected chi connectivity index (χ1v) is 9.34. The summed E-state index contributed by atoms with van der Waals surface area (Å²) in [7, 11) is 1.63. The molecule has 2 N–H and O–H groups in total. The smallest absolute Gasteiger partial charge is 0.257 e. The second-order valence-electron chi connectivity index (χ2n) is 6.52. The number of aromatic nitrogens is 1. The van der Waals surface area contributed by atoms with Crippen molar-refractivity contribution in [1.82, 2.24) is 10.3 Å². The SMILES string of the molecule is COc1ccc(CCC(=O)NCc2ccc(NC(=O)c3cccnc3)cc2)cc1. The quantitative estimate of drug-likeness (QED) is 0.617. The van der Waals surface area contributed by atoms with E-state index in [1.165, 1.54) is 6.20 Å². The average molecular weight is 389 g/mol. The van der Waals surface area contributed by atoms with E-state index in [0.29, 0.717) is 30.6 Å². The van der Waals surface area contributed by atoms with Crippen molar-refractivity contribution in [3.63, 3.8) is 0 Å². The molecule has 0 unspecified atom stereocenters. The van der Waals surface area contributed by atoms with Crippen LogP contribution in [0.25, 0.3) is 0 Å². The third-order valence-electron chi connectivity index (χ3n) is 4.43. The lowest BCUT2D eigenvalue weighted by atomic mass is 10.1. The number of anilines is 1. The lowest BCUT2D eigenvalue weighted by Crippen LogP contribution is -2.23. The summed E-state index contributed by atoms with van der Waals surface area (Å²) in [6.07, 6.45) is 4.24. The van der Waals surface area contributed by atoms with E-state index in [4.69, 9.17) is 4.74 Å². The molecule has 0 spiro atoms. The fraction of sp³-hybridized carbons (Fsp3) is 0.174. The van der Waals surface area contributed by atoms with Gasteiger partial charge in [-0.3, -0.25) is 14.6 Å². The zero-order chi connectivity index (χ0) is 20.5. The number of pyridine rings is 1. The highest BCUT2D eigenvalue weighted by Crippen LogP contribution is 2.13. The summed E-state index contributed by atoms with van der Waals surface area (Å²) in [4.78, 5) is 28.1. The van der Waals surface area contributed by atoms with Gasteiger partial charge in [-0.05, 0) is 53.9 Å². The number of nitrogens with zero attached hydrogens (tertiary/aromatic N) is 1. The van der Waals surface area contributed by atoms with Crippen molar-refractivity contribution in [1.29, 1.82) is 0 Å². The Hall–Kier alpha value is -3.67. The molecule has 1 aromatic heterocycles. The highest BCUT2D eigenvalue weighted by atomic mass is 16.5. The van der Waals surface area contributed by atoms with Crippen molar-refractivity contribution < 1.29 is 14.3 Å². The van der Waals surface area contributed by atoms with Crippen LogP contribution < -0.4 is 15.4 Å². The average Bonchev–Trinajstić information content (AvgIpc) is 2.78. The van der Waals surface area contributed by atoms with Crippen LogP contribution in [0.15, 0.2) is 73.1 Å². The topological polar surface area (TPSA) is 80.3 Å². The monoisotopic (exact) mass is 389 g/mol. The minimum atomic E-state index is -0.210. The fourth-order valence-electron chi connectivity index (χ4n) is 2.75. The second kappa shape index (κ2) is 10.0. The largest absolute Gasteiger partial charge is 0.497 e. The van der Waals surface area contributed by atoms with Gasteiger partial charge in [0.05, 0.1) is 12.7 Å². The Kier molecular flexibility index (Phi) is 6.95. The van der Waals surface area contributed by atoms with Gasteiger partial charge in [0.2, 0.25) is 5.91 Å². The fourth-order valence-corrected chi connectivity index (χ4v) is 2.75. The van der Waals surface area contributed by atoms with Gasteiger partial charge in [0.25, 0.3) is 5.91 Å². The molecule has 1 heterocycles. The summed E-state index contributed by atoms with van der Waals surface area (Å²) in [5.74, 6) is 0.589. The Labute approximate surface area is 169 Å². The van der Waals surface area contributed by atoms with E-state index in [-0.39, 0.29) is 11.8 Å². The molecule has 0 radical (unpaired) electrons. The number of rotatable bonds is 8. The molecule has 0 atom stereocenters. The van der Waals surface area contributed by atoms with Crippen molar-refractivity contribution in [2.45, 2.75) is 19.4 Å². The van der Waals surface area contributed by atoms with Gasteiger partial charge in [0.1, 0.15) is 5.75 Å². The standard InChI is InChI=1S/C23H23N3O3/c1-29-21-11-6-17(7-12-21)8-13-22(27)25-15-18-4-9-20(10-5-18)26-23(28)19-3-2-14-24-16-19/h2-7,9-12,14,16H,8,13,15H2,1H3,(H,25,27)(H,26,28). The number of methoxy groups -OCH3 is 1. The first-order chi connectivity index (χ1) is 14.1. The summed E-state index contributed by atoms with van der Waals surface area (Å²) < 4.78 is 5.13. The number of carbonyl (C=O) groups is 2. The van der Waals surface area contributed by atoms with Gasteiger partial charge in [-0.2, -0.15) is 0 Å². The first-order valence-electron chi connectivity index (χ1n) is 9.34. The Bertz CT molecular complexity index is 939. The first kappa shape index (κ1) is 20.1. The number of amides is 2. The number of benzene rings is 2. The van der Waals surface area contributed by atoms with Crippen LogP contribution in [0.4, 0.5) is 5.69 Å². The van der Waals surface area contributed by atoms with Gasteiger partial charge in [-0.25, -0.2) is 0 Å². The number of carbonyl (C=O) groups excluding carboxylic acids is 2. The molecular formula is C23H23N3O3. The summed E-state index contributed by atoms with van der Waals surface area (Å²) >= 11 is 0. The summed E-state index contributed by atoms with van der Waals surface area (Å²) in [6.45, 7) is 0.443. The third-order valence-corrected chi connectivity index (χ3v) is 4.43. The molecule has 0 aliphatic rings. The molecule has 0 bridgehead atoms. The lowest BCUT2D eigenvalue weighted by Gasteiger charge is -2.08. The van der Waals surface area contributed by atoms with Crippen LogP contribution in [0, 0.1) is 0 Å². The zero-order valence-corrected chi connectivity index (χ0v) is 16.2. The maximum Gasteiger partial charge on any atom is 0.257 e. The van der Waals surface area contributed by atoms with E-state index in [9.17, 15) is 9.59 Å².